The molecule has 0 aliphatic carbocycles. The maximum atomic E-state index is 11.5. The molecule has 1 nitrogen and oxygen atoms in total. The lowest BCUT2D eigenvalue weighted by Gasteiger charge is -2.15. The van der Waals surface area contributed by atoms with Crippen molar-refractivity contribution in [2.24, 2.45) is 5.41 Å². The summed E-state index contributed by atoms with van der Waals surface area (Å²) in [6, 6.07) is 0. The molecule has 82 valence electrons. The molecule has 14 heavy (non-hydrogen) atoms. The summed E-state index contributed by atoms with van der Waals surface area (Å²) in [4.78, 5) is 11.5. The molecule has 1 heteroatoms. The van der Waals surface area contributed by atoms with Crippen LogP contribution in [0.15, 0.2) is 11.6 Å². The van der Waals surface area contributed by atoms with Crippen LogP contribution in [0, 0.1) is 5.41 Å². The molecule has 0 heterocycles. The van der Waals surface area contributed by atoms with Gasteiger partial charge in [-0.25, -0.2) is 0 Å². The monoisotopic (exact) mass is 196 g/mol. The fraction of sp³-hybridized carbons (Fsp3) is 0.769. The van der Waals surface area contributed by atoms with Gasteiger partial charge in [-0.15, -0.1) is 0 Å². The van der Waals surface area contributed by atoms with Crippen molar-refractivity contribution in [1.29, 1.82) is 0 Å². The Bertz CT molecular complexity index is 202. The quantitative estimate of drug-likeness (QED) is 0.477. The second-order valence-electron chi connectivity index (χ2n) is 5.20. The Morgan fingerprint density at radius 1 is 1.14 bits per heavy atom. The van der Waals surface area contributed by atoms with E-state index in [0.29, 0.717) is 5.78 Å². The smallest absolute Gasteiger partial charge is 0.138 e. The standard InChI is InChI=1S/C13H24O/c1-11(2)9-7-6-8-10-12(14)13(3,4)5/h9H,6-8,10H2,1-5H3. The van der Waals surface area contributed by atoms with Gasteiger partial charge in [-0.3, -0.25) is 4.79 Å². The van der Waals surface area contributed by atoms with Crippen molar-refractivity contribution in [3.05, 3.63) is 11.6 Å². The molecule has 0 atom stereocenters. The number of carbonyl (C=O) groups excluding carboxylic acids is 1. The fourth-order valence-corrected chi connectivity index (χ4v) is 1.20. The van der Waals surface area contributed by atoms with Gasteiger partial charge in [0, 0.05) is 11.8 Å². The highest BCUT2D eigenvalue weighted by atomic mass is 16.1. The number of ketones is 1. The molecule has 0 aromatic carbocycles. The van der Waals surface area contributed by atoms with Crippen molar-refractivity contribution in [2.75, 3.05) is 0 Å². The summed E-state index contributed by atoms with van der Waals surface area (Å²) in [6.45, 7) is 10.2. The molecule has 0 saturated carbocycles. The lowest BCUT2D eigenvalue weighted by molar-refractivity contribution is -0.126. The van der Waals surface area contributed by atoms with E-state index in [9.17, 15) is 4.79 Å². The number of hydrogen-bond acceptors (Lipinski definition) is 1. The highest BCUT2D eigenvalue weighted by Crippen LogP contribution is 2.18. The predicted molar refractivity (Wildman–Crippen MR) is 62.4 cm³/mol. The van der Waals surface area contributed by atoms with Crippen molar-refractivity contribution in [2.45, 2.75) is 60.3 Å². The molecule has 0 aliphatic rings. The topological polar surface area (TPSA) is 17.1 Å². The van der Waals surface area contributed by atoms with Crippen LogP contribution in [0.1, 0.15) is 60.3 Å². The molecule has 0 bridgehead atoms. The van der Waals surface area contributed by atoms with Crippen LogP contribution in [0.3, 0.4) is 0 Å². The Morgan fingerprint density at radius 3 is 2.14 bits per heavy atom. The Hall–Kier alpha value is -0.590. The molecule has 0 unspecified atom stereocenters. The second kappa shape index (κ2) is 6.00. The molecule has 0 saturated heterocycles. The van der Waals surface area contributed by atoms with E-state index >= 15 is 0 Å². The number of allylic oxidation sites excluding steroid dienone is 2. The van der Waals surface area contributed by atoms with Gasteiger partial charge in [-0.05, 0) is 33.1 Å². The summed E-state index contributed by atoms with van der Waals surface area (Å²) in [5.74, 6) is 0.384. The maximum Gasteiger partial charge on any atom is 0.138 e. The number of unbranched alkanes of at least 4 members (excludes halogenated alkanes) is 2. The Morgan fingerprint density at radius 2 is 1.71 bits per heavy atom. The fourth-order valence-electron chi connectivity index (χ4n) is 1.20. The average Bonchev–Trinajstić information content (AvgIpc) is 2.01. The molecule has 0 aromatic heterocycles. The molecule has 0 fully saturated rings. The van der Waals surface area contributed by atoms with Crippen LogP contribution in [-0.2, 0) is 4.79 Å². The average molecular weight is 196 g/mol. The first-order valence-corrected chi connectivity index (χ1v) is 5.50. The van der Waals surface area contributed by atoms with Gasteiger partial charge >= 0.3 is 0 Å². The Kier molecular flexibility index (Phi) is 5.75. The minimum Gasteiger partial charge on any atom is -0.299 e. The minimum atomic E-state index is -0.156. The first-order chi connectivity index (χ1) is 6.34. The van der Waals surface area contributed by atoms with Crippen molar-refractivity contribution < 1.29 is 4.79 Å². The van der Waals surface area contributed by atoms with Gasteiger partial charge in [0.2, 0.25) is 0 Å². The third-order valence-electron chi connectivity index (χ3n) is 2.25. The molecule has 0 radical (unpaired) electrons. The van der Waals surface area contributed by atoms with Crippen molar-refractivity contribution in [1.82, 2.24) is 0 Å². The van der Waals surface area contributed by atoms with E-state index in [2.05, 4.69) is 19.9 Å². The van der Waals surface area contributed by atoms with Crippen LogP contribution in [-0.4, -0.2) is 5.78 Å². The zero-order valence-electron chi connectivity index (χ0n) is 10.3. The minimum absolute atomic E-state index is 0.156. The molecule has 0 rings (SSSR count). The Balaban J connectivity index is 3.56. The number of carbonyl (C=O) groups is 1. The summed E-state index contributed by atoms with van der Waals surface area (Å²) < 4.78 is 0. The van der Waals surface area contributed by atoms with Gasteiger partial charge in [0.1, 0.15) is 5.78 Å². The van der Waals surface area contributed by atoms with Crippen LogP contribution in [0.5, 0.6) is 0 Å². The first-order valence-electron chi connectivity index (χ1n) is 5.50. The molecule has 0 aliphatic heterocycles. The van der Waals surface area contributed by atoms with Crippen LogP contribution in [0.25, 0.3) is 0 Å². The molecule has 0 amide bonds. The predicted octanol–water partition coefficient (Wildman–Crippen LogP) is 4.13. The second-order valence-corrected chi connectivity index (χ2v) is 5.20. The number of hydrogen-bond donors (Lipinski definition) is 0. The van der Waals surface area contributed by atoms with Crippen LogP contribution in [0.2, 0.25) is 0 Å². The molecule has 0 N–H and O–H groups in total. The van der Waals surface area contributed by atoms with Crippen LogP contribution in [0.4, 0.5) is 0 Å². The highest BCUT2D eigenvalue weighted by Gasteiger charge is 2.19. The van der Waals surface area contributed by atoms with Gasteiger partial charge in [0.05, 0.1) is 0 Å². The summed E-state index contributed by atoms with van der Waals surface area (Å²) in [7, 11) is 0. The van der Waals surface area contributed by atoms with E-state index in [4.69, 9.17) is 0 Å². The van der Waals surface area contributed by atoms with Crippen molar-refractivity contribution in [3.8, 4) is 0 Å². The van der Waals surface area contributed by atoms with Gasteiger partial charge in [0.25, 0.3) is 0 Å². The van der Waals surface area contributed by atoms with Gasteiger partial charge in [-0.1, -0.05) is 32.4 Å². The molecular weight excluding hydrogens is 172 g/mol. The zero-order valence-corrected chi connectivity index (χ0v) is 10.3. The van der Waals surface area contributed by atoms with E-state index in [-0.39, 0.29) is 5.41 Å². The molecular formula is C13H24O. The third-order valence-corrected chi connectivity index (χ3v) is 2.25. The third kappa shape index (κ3) is 6.88. The summed E-state index contributed by atoms with van der Waals surface area (Å²) in [6.07, 6.45) is 6.24. The zero-order chi connectivity index (χ0) is 11.2. The molecule has 0 spiro atoms. The van der Waals surface area contributed by atoms with Crippen molar-refractivity contribution >= 4 is 5.78 Å². The summed E-state index contributed by atoms with van der Waals surface area (Å²) in [5, 5.41) is 0. The van der Waals surface area contributed by atoms with E-state index in [1.165, 1.54) is 5.57 Å². The van der Waals surface area contributed by atoms with E-state index in [1.54, 1.807) is 0 Å². The SMILES string of the molecule is CC(C)=CCCCCC(=O)C(C)(C)C. The first kappa shape index (κ1) is 13.4. The van der Waals surface area contributed by atoms with Gasteiger partial charge < -0.3 is 0 Å². The van der Waals surface area contributed by atoms with Gasteiger partial charge in [0.15, 0.2) is 0 Å². The largest absolute Gasteiger partial charge is 0.299 e. The Labute approximate surface area is 88.6 Å². The van der Waals surface area contributed by atoms with E-state index in [0.717, 1.165) is 25.7 Å². The van der Waals surface area contributed by atoms with E-state index < -0.39 is 0 Å². The summed E-state index contributed by atoms with van der Waals surface area (Å²) >= 11 is 0. The summed E-state index contributed by atoms with van der Waals surface area (Å²) in [5.41, 5.74) is 1.21. The number of Topliss-reactive ketones (excluding diaryl/α,β-unsaturated/α-hetero) is 1. The highest BCUT2D eigenvalue weighted by molar-refractivity contribution is 5.83. The lowest BCUT2D eigenvalue weighted by atomic mass is 9.88. The number of rotatable bonds is 5. The lowest BCUT2D eigenvalue weighted by Crippen LogP contribution is -2.19. The van der Waals surface area contributed by atoms with Crippen molar-refractivity contribution in [3.63, 3.8) is 0 Å². The maximum absolute atomic E-state index is 11.5. The van der Waals surface area contributed by atoms with Gasteiger partial charge in [-0.2, -0.15) is 0 Å². The van der Waals surface area contributed by atoms with Crippen LogP contribution >= 0.6 is 0 Å². The van der Waals surface area contributed by atoms with Crippen LogP contribution < -0.4 is 0 Å². The van der Waals surface area contributed by atoms with E-state index in [1.807, 2.05) is 20.8 Å². The normalized spacial score (nSPS) is 11.2. The molecule has 0 aromatic rings.